The van der Waals surface area contributed by atoms with Crippen molar-refractivity contribution in [1.29, 1.82) is 0 Å². The van der Waals surface area contributed by atoms with Crippen LogP contribution in [0.4, 0.5) is 0 Å². The van der Waals surface area contributed by atoms with Crippen LogP contribution in [-0.2, 0) is 16.2 Å². The van der Waals surface area contributed by atoms with E-state index in [0.29, 0.717) is 36.9 Å². The third-order valence-electron chi connectivity index (χ3n) is 7.03. The lowest BCUT2D eigenvalue weighted by atomic mass is 9.93. The first-order valence-corrected chi connectivity index (χ1v) is 13.0. The van der Waals surface area contributed by atoms with Gasteiger partial charge < -0.3 is 19.6 Å². The zero-order chi connectivity index (χ0) is 27.4. The van der Waals surface area contributed by atoms with Crippen LogP contribution in [0.5, 0.6) is 5.75 Å². The van der Waals surface area contributed by atoms with E-state index in [-0.39, 0.29) is 11.3 Å². The van der Waals surface area contributed by atoms with Gasteiger partial charge in [0.15, 0.2) is 0 Å². The minimum Gasteiger partial charge on any atom is -0.507 e. The van der Waals surface area contributed by atoms with Gasteiger partial charge in [0.05, 0.1) is 11.6 Å². The summed E-state index contributed by atoms with van der Waals surface area (Å²) in [5.41, 5.74) is 4.79. The number of likely N-dealkylation sites (N-methyl/N-ethyl adjacent to an activating group) is 1. The molecule has 1 amide bonds. The second-order valence-electron chi connectivity index (χ2n) is 10.4. The largest absolute Gasteiger partial charge is 0.507 e. The minimum atomic E-state index is -0.668. The molecular weight excluding hydrogens is 476 g/mol. The molecule has 1 heterocycles. The van der Waals surface area contributed by atoms with Gasteiger partial charge in [-0.05, 0) is 73.5 Å². The fraction of sp³-hybridized carbons (Fsp3) is 0.312. The Balaban J connectivity index is 1.66. The number of nitrogens with zero attached hydrogens (tertiary/aromatic N) is 2. The van der Waals surface area contributed by atoms with Gasteiger partial charge in [0.25, 0.3) is 11.7 Å². The predicted molar refractivity (Wildman–Crippen MR) is 150 cm³/mol. The van der Waals surface area contributed by atoms with Crippen molar-refractivity contribution in [2.45, 2.75) is 39.3 Å². The molecule has 4 rings (SSSR count). The molecule has 0 radical (unpaired) electrons. The van der Waals surface area contributed by atoms with Crippen LogP contribution in [0, 0.1) is 6.92 Å². The molecule has 1 atom stereocenters. The summed E-state index contributed by atoms with van der Waals surface area (Å²) in [5.74, 6) is -0.435. The van der Waals surface area contributed by atoms with Crippen LogP contribution in [0.2, 0.25) is 0 Å². The molecule has 1 N–H and O–H groups in total. The monoisotopic (exact) mass is 512 g/mol. The maximum atomic E-state index is 13.2. The molecule has 3 aromatic rings. The van der Waals surface area contributed by atoms with E-state index >= 15 is 0 Å². The second-order valence-corrected chi connectivity index (χ2v) is 10.4. The van der Waals surface area contributed by atoms with Crippen LogP contribution in [-0.4, -0.2) is 53.8 Å². The topological polar surface area (TPSA) is 70.1 Å². The lowest BCUT2D eigenvalue weighted by Crippen LogP contribution is -2.35. The first-order chi connectivity index (χ1) is 18.2. The summed E-state index contributed by atoms with van der Waals surface area (Å²) in [4.78, 5) is 29.9. The molecule has 0 aliphatic carbocycles. The summed E-state index contributed by atoms with van der Waals surface area (Å²) in [5, 5.41) is 11.3. The molecule has 0 aromatic heterocycles. The van der Waals surface area contributed by atoms with Crippen molar-refractivity contribution in [1.82, 2.24) is 9.80 Å². The van der Waals surface area contributed by atoms with Crippen molar-refractivity contribution >= 4 is 17.4 Å². The third-order valence-corrected chi connectivity index (χ3v) is 7.03. The van der Waals surface area contributed by atoms with Gasteiger partial charge in [-0.2, -0.15) is 0 Å². The quantitative estimate of drug-likeness (QED) is 0.227. The number of likely N-dealkylation sites (tertiary alicyclic amines) is 1. The van der Waals surface area contributed by atoms with Gasteiger partial charge in [0, 0.05) is 18.7 Å². The molecule has 1 saturated heterocycles. The van der Waals surface area contributed by atoms with Crippen LogP contribution >= 0.6 is 0 Å². The molecule has 6 nitrogen and oxygen atoms in total. The first-order valence-electron chi connectivity index (χ1n) is 13.0. The van der Waals surface area contributed by atoms with E-state index in [2.05, 4.69) is 13.8 Å². The molecule has 0 saturated carbocycles. The smallest absolute Gasteiger partial charge is 0.295 e. The van der Waals surface area contributed by atoms with Crippen LogP contribution in [0.1, 0.15) is 53.6 Å². The van der Waals surface area contributed by atoms with E-state index in [9.17, 15) is 14.7 Å². The standard InChI is InChI=1S/C32H36N2O4/c1-21(2)23-10-12-24(13-11-23)29-28(31(36)32(37)34(29)19-18-33(4)5)30(35)25-14-16-27(17-15-25)38-20-26-9-7-6-8-22(26)3/h6-17,21,29,35H,18-20H2,1-5H3/b30-28+. The zero-order valence-electron chi connectivity index (χ0n) is 22.8. The molecule has 198 valence electrons. The van der Waals surface area contributed by atoms with E-state index in [0.717, 1.165) is 16.7 Å². The lowest BCUT2D eigenvalue weighted by Gasteiger charge is -2.27. The van der Waals surface area contributed by atoms with Gasteiger partial charge in [-0.15, -0.1) is 0 Å². The maximum Gasteiger partial charge on any atom is 0.295 e. The Bertz CT molecular complexity index is 1320. The average molecular weight is 513 g/mol. The molecule has 1 aliphatic heterocycles. The summed E-state index contributed by atoms with van der Waals surface area (Å²) in [6.45, 7) is 7.68. The molecule has 3 aromatic carbocycles. The summed E-state index contributed by atoms with van der Waals surface area (Å²) in [6, 6.07) is 22.3. The number of hydrogen-bond acceptors (Lipinski definition) is 5. The van der Waals surface area contributed by atoms with Crippen molar-refractivity contribution in [3.05, 3.63) is 106 Å². The predicted octanol–water partition coefficient (Wildman–Crippen LogP) is 5.68. The molecule has 0 bridgehead atoms. The number of ether oxygens (including phenoxy) is 1. The summed E-state index contributed by atoms with van der Waals surface area (Å²) >= 11 is 0. The Morgan fingerprint density at radius 1 is 0.974 bits per heavy atom. The number of Topliss-reactive ketones (excluding diaryl/α,β-unsaturated/α-hetero) is 1. The minimum absolute atomic E-state index is 0.111. The van der Waals surface area contributed by atoms with Crippen molar-refractivity contribution in [3.8, 4) is 5.75 Å². The van der Waals surface area contributed by atoms with Gasteiger partial charge in [0.2, 0.25) is 0 Å². The van der Waals surface area contributed by atoms with Crippen molar-refractivity contribution in [2.75, 3.05) is 27.2 Å². The average Bonchev–Trinajstić information content (AvgIpc) is 3.16. The normalized spacial score (nSPS) is 17.0. The molecular formula is C32H36N2O4. The van der Waals surface area contributed by atoms with Crippen LogP contribution in [0.15, 0.2) is 78.4 Å². The Labute approximate surface area is 225 Å². The number of aliphatic hydroxyl groups excluding tert-OH is 1. The highest BCUT2D eigenvalue weighted by atomic mass is 16.5. The summed E-state index contributed by atoms with van der Waals surface area (Å²) in [7, 11) is 3.84. The van der Waals surface area contributed by atoms with Crippen molar-refractivity contribution in [3.63, 3.8) is 0 Å². The highest BCUT2D eigenvalue weighted by Crippen LogP contribution is 2.39. The second kappa shape index (κ2) is 11.7. The van der Waals surface area contributed by atoms with Crippen molar-refractivity contribution < 1.29 is 19.4 Å². The summed E-state index contributed by atoms with van der Waals surface area (Å²) < 4.78 is 5.93. The highest BCUT2D eigenvalue weighted by molar-refractivity contribution is 6.46. The zero-order valence-corrected chi connectivity index (χ0v) is 22.8. The number of rotatable bonds is 9. The Morgan fingerprint density at radius 2 is 1.63 bits per heavy atom. The van der Waals surface area contributed by atoms with Gasteiger partial charge in [-0.3, -0.25) is 9.59 Å². The molecule has 1 unspecified atom stereocenters. The Hall–Kier alpha value is -3.90. The van der Waals surface area contributed by atoms with Crippen molar-refractivity contribution in [2.24, 2.45) is 0 Å². The molecule has 0 spiro atoms. The Kier molecular flexibility index (Phi) is 8.32. The van der Waals surface area contributed by atoms with Gasteiger partial charge >= 0.3 is 0 Å². The molecule has 1 fully saturated rings. The van der Waals surface area contributed by atoms with Crippen LogP contribution < -0.4 is 4.74 Å². The Morgan fingerprint density at radius 3 is 2.24 bits per heavy atom. The molecule has 6 heteroatoms. The fourth-order valence-electron chi connectivity index (χ4n) is 4.63. The first kappa shape index (κ1) is 27.1. The van der Waals surface area contributed by atoms with E-state index in [1.54, 1.807) is 29.2 Å². The number of carbonyl (C=O) groups is 2. The van der Waals surface area contributed by atoms with E-state index in [1.165, 1.54) is 5.56 Å². The van der Waals surface area contributed by atoms with Crippen LogP contribution in [0.3, 0.4) is 0 Å². The number of amides is 1. The number of benzene rings is 3. The number of aliphatic hydroxyl groups is 1. The highest BCUT2D eigenvalue weighted by Gasteiger charge is 2.45. The van der Waals surface area contributed by atoms with Crippen LogP contribution in [0.25, 0.3) is 5.76 Å². The number of carbonyl (C=O) groups excluding carboxylic acids is 2. The molecule has 38 heavy (non-hydrogen) atoms. The fourth-order valence-corrected chi connectivity index (χ4v) is 4.63. The van der Waals surface area contributed by atoms with Gasteiger partial charge in [-0.25, -0.2) is 0 Å². The lowest BCUT2D eigenvalue weighted by molar-refractivity contribution is -0.140. The van der Waals surface area contributed by atoms with Gasteiger partial charge in [0.1, 0.15) is 18.1 Å². The van der Waals surface area contributed by atoms with E-state index < -0.39 is 17.7 Å². The third kappa shape index (κ3) is 5.81. The number of ketones is 1. The summed E-state index contributed by atoms with van der Waals surface area (Å²) in [6.07, 6.45) is 0. The van der Waals surface area contributed by atoms with Gasteiger partial charge in [-0.1, -0.05) is 62.4 Å². The maximum absolute atomic E-state index is 13.2. The van der Waals surface area contributed by atoms with E-state index in [4.69, 9.17) is 4.74 Å². The van der Waals surface area contributed by atoms with E-state index in [1.807, 2.05) is 74.4 Å². The number of aryl methyl sites for hydroxylation is 1. The SMILES string of the molecule is Cc1ccccc1COc1ccc(/C(O)=C2\C(=O)C(=O)N(CCN(C)C)C2c2ccc(C(C)C)cc2)cc1. The number of hydrogen-bond donors (Lipinski definition) is 1. The molecule has 1 aliphatic rings.